The third-order valence-corrected chi connectivity index (χ3v) is 2.85. The van der Waals surface area contributed by atoms with Gasteiger partial charge in [-0.05, 0) is 18.6 Å². The Morgan fingerprint density at radius 1 is 1.55 bits per heavy atom. The van der Waals surface area contributed by atoms with Gasteiger partial charge in [0.25, 0.3) is 5.91 Å². The van der Waals surface area contributed by atoms with Gasteiger partial charge < -0.3 is 15.3 Å². The van der Waals surface area contributed by atoms with Crippen molar-refractivity contribution in [2.45, 2.75) is 19.4 Å². The van der Waals surface area contributed by atoms with E-state index >= 15 is 0 Å². The van der Waals surface area contributed by atoms with E-state index in [4.69, 9.17) is 15.2 Å². The fourth-order valence-electron chi connectivity index (χ4n) is 1.78. The summed E-state index contributed by atoms with van der Waals surface area (Å²) in [5.74, 6) is -1.75. The number of nitrogens with zero attached hydrogens (tertiary/aromatic N) is 2. The number of anilines is 1. The molecular weight excluding hydrogens is 262 g/mol. The number of rotatable bonds is 3. The predicted molar refractivity (Wildman–Crippen MR) is 69.1 cm³/mol. The van der Waals surface area contributed by atoms with Gasteiger partial charge in [0.2, 0.25) is 6.10 Å². The molecule has 0 saturated heterocycles. The summed E-state index contributed by atoms with van der Waals surface area (Å²) in [5, 5.41) is 23.7. The molecule has 0 radical (unpaired) electrons. The lowest BCUT2D eigenvalue weighted by atomic mass is 10.1. The summed E-state index contributed by atoms with van der Waals surface area (Å²) in [5.41, 5.74) is 1.26. The van der Waals surface area contributed by atoms with Crippen LogP contribution in [0.2, 0.25) is 0 Å². The zero-order valence-corrected chi connectivity index (χ0v) is 10.6. The average Bonchev–Trinajstić information content (AvgIpc) is 2.89. The second-order valence-corrected chi connectivity index (χ2v) is 4.24. The molecule has 0 spiro atoms. The lowest BCUT2D eigenvalue weighted by Gasteiger charge is -2.11. The Bertz CT molecular complexity index is 646. The van der Waals surface area contributed by atoms with Gasteiger partial charge in [0.1, 0.15) is 6.07 Å². The number of carbonyl (C=O) groups excluding carboxylic acids is 1. The summed E-state index contributed by atoms with van der Waals surface area (Å²) < 4.78 is 0. The summed E-state index contributed by atoms with van der Waals surface area (Å²) >= 11 is 0. The van der Waals surface area contributed by atoms with Gasteiger partial charge in [-0.15, -0.1) is 0 Å². The van der Waals surface area contributed by atoms with Crippen LogP contribution in [0.5, 0.6) is 0 Å². The van der Waals surface area contributed by atoms with Crippen LogP contribution in [0.15, 0.2) is 23.4 Å². The fourth-order valence-corrected chi connectivity index (χ4v) is 1.78. The molecule has 0 aliphatic carbocycles. The van der Waals surface area contributed by atoms with E-state index in [0.29, 0.717) is 11.3 Å². The standard InChI is InChI=1S/C13H11N3O4/c1-7-3-2-4-9(8(7)6-14)15-12(17)11-5-10(13(18)19)16-20-11/h2-4,11H,5H2,1H3,(H,15,17)(H,18,19). The van der Waals surface area contributed by atoms with Crippen LogP contribution in [0.25, 0.3) is 0 Å². The van der Waals surface area contributed by atoms with Crippen LogP contribution in [0.4, 0.5) is 5.69 Å². The number of aryl methyl sites for hydroxylation is 1. The van der Waals surface area contributed by atoms with E-state index < -0.39 is 18.0 Å². The molecule has 2 rings (SSSR count). The first-order valence-electron chi connectivity index (χ1n) is 5.79. The van der Waals surface area contributed by atoms with Crippen molar-refractivity contribution in [2.75, 3.05) is 5.32 Å². The summed E-state index contributed by atoms with van der Waals surface area (Å²) in [6.45, 7) is 1.76. The van der Waals surface area contributed by atoms with E-state index in [-0.39, 0.29) is 12.1 Å². The van der Waals surface area contributed by atoms with Crippen LogP contribution in [-0.4, -0.2) is 28.8 Å². The number of carbonyl (C=O) groups is 2. The summed E-state index contributed by atoms with van der Waals surface area (Å²) in [7, 11) is 0. The molecular formula is C13H11N3O4. The van der Waals surface area contributed by atoms with Gasteiger partial charge in [-0.3, -0.25) is 4.79 Å². The van der Waals surface area contributed by atoms with Crippen LogP contribution in [-0.2, 0) is 14.4 Å². The second kappa shape index (κ2) is 5.40. The smallest absolute Gasteiger partial charge is 0.353 e. The highest BCUT2D eigenvalue weighted by Crippen LogP contribution is 2.20. The van der Waals surface area contributed by atoms with Gasteiger partial charge in [-0.1, -0.05) is 17.3 Å². The van der Waals surface area contributed by atoms with Gasteiger partial charge in [-0.2, -0.15) is 5.26 Å². The Balaban J connectivity index is 2.09. The van der Waals surface area contributed by atoms with Crippen LogP contribution in [0.1, 0.15) is 17.5 Å². The molecule has 0 bridgehead atoms. The molecule has 20 heavy (non-hydrogen) atoms. The third kappa shape index (κ3) is 2.59. The first-order valence-corrected chi connectivity index (χ1v) is 5.79. The van der Waals surface area contributed by atoms with Gasteiger partial charge in [0.05, 0.1) is 11.3 Å². The van der Waals surface area contributed by atoms with E-state index in [1.54, 1.807) is 25.1 Å². The highest BCUT2D eigenvalue weighted by atomic mass is 16.6. The highest BCUT2D eigenvalue weighted by Gasteiger charge is 2.31. The zero-order chi connectivity index (χ0) is 14.7. The molecule has 1 aromatic carbocycles. The maximum absolute atomic E-state index is 12.0. The number of amides is 1. The molecule has 7 heteroatoms. The van der Waals surface area contributed by atoms with Crippen LogP contribution in [0, 0.1) is 18.3 Å². The molecule has 102 valence electrons. The number of nitrogens with one attached hydrogen (secondary N) is 1. The molecule has 1 aliphatic rings. The number of oxime groups is 1. The van der Waals surface area contributed by atoms with Crippen molar-refractivity contribution >= 4 is 23.3 Å². The Labute approximate surface area is 114 Å². The van der Waals surface area contributed by atoms with Crippen molar-refractivity contribution in [1.29, 1.82) is 5.26 Å². The average molecular weight is 273 g/mol. The number of nitriles is 1. The summed E-state index contributed by atoms with van der Waals surface area (Å²) in [6.07, 6.45) is -1.09. The van der Waals surface area contributed by atoms with Crippen molar-refractivity contribution in [3.8, 4) is 6.07 Å². The highest BCUT2D eigenvalue weighted by molar-refractivity contribution is 6.36. The van der Waals surface area contributed by atoms with Gasteiger partial charge in [-0.25, -0.2) is 4.79 Å². The topological polar surface area (TPSA) is 112 Å². The number of aliphatic carboxylic acids is 1. The van der Waals surface area contributed by atoms with E-state index in [2.05, 4.69) is 10.5 Å². The lowest BCUT2D eigenvalue weighted by molar-refractivity contribution is -0.129. The Hall–Kier alpha value is -2.88. The minimum Gasteiger partial charge on any atom is -0.477 e. The van der Waals surface area contributed by atoms with Crippen LogP contribution >= 0.6 is 0 Å². The normalized spacial score (nSPS) is 16.8. The number of carboxylic acid groups (broad SMARTS) is 1. The van der Waals surface area contributed by atoms with E-state index in [0.717, 1.165) is 5.56 Å². The number of carboxylic acids is 1. The SMILES string of the molecule is Cc1cccc(NC(=O)C2CC(C(=O)O)=NO2)c1C#N. The monoisotopic (exact) mass is 273 g/mol. The fraction of sp³-hybridized carbons (Fsp3) is 0.231. The molecule has 1 amide bonds. The first kappa shape index (κ1) is 13.5. The van der Waals surface area contributed by atoms with E-state index in [1.807, 2.05) is 6.07 Å². The number of hydrogen-bond acceptors (Lipinski definition) is 5. The lowest BCUT2D eigenvalue weighted by Crippen LogP contribution is -2.29. The number of benzene rings is 1. The van der Waals surface area contributed by atoms with Crippen molar-refractivity contribution in [2.24, 2.45) is 5.16 Å². The molecule has 0 saturated carbocycles. The van der Waals surface area contributed by atoms with Gasteiger partial charge >= 0.3 is 5.97 Å². The van der Waals surface area contributed by atoms with Crippen molar-refractivity contribution < 1.29 is 19.5 Å². The largest absolute Gasteiger partial charge is 0.477 e. The molecule has 2 N–H and O–H groups in total. The molecule has 0 aromatic heterocycles. The predicted octanol–water partition coefficient (Wildman–Crippen LogP) is 1.03. The molecule has 1 heterocycles. The van der Waals surface area contributed by atoms with Crippen molar-refractivity contribution in [3.05, 3.63) is 29.3 Å². The maximum Gasteiger partial charge on any atom is 0.353 e. The van der Waals surface area contributed by atoms with Crippen molar-refractivity contribution in [1.82, 2.24) is 0 Å². The molecule has 0 fully saturated rings. The Morgan fingerprint density at radius 3 is 2.90 bits per heavy atom. The Kier molecular flexibility index (Phi) is 3.66. The van der Waals surface area contributed by atoms with E-state index in [9.17, 15) is 9.59 Å². The van der Waals surface area contributed by atoms with Crippen molar-refractivity contribution in [3.63, 3.8) is 0 Å². The zero-order valence-electron chi connectivity index (χ0n) is 10.6. The number of hydrogen-bond donors (Lipinski definition) is 2. The molecule has 1 aromatic rings. The quantitative estimate of drug-likeness (QED) is 0.854. The molecule has 1 unspecified atom stereocenters. The van der Waals surface area contributed by atoms with Gasteiger partial charge in [0.15, 0.2) is 5.71 Å². The Morgan fingerprint density at radius 2 is 2.30 bits per heavy atom. The van der Waals surface area contributed by atoms with Crippen LogP contribution < -0.4 is 5.32 Å². The summed E-state index contributed by atoms with van der Waals surface area (Å²) in [4.78, 5) is 27.4. The third-order valence-electron chi connectivity index (χ3n) is 2.85. The molecule has 7 nitrogen and oxygen atoms in total. The minimum atomic E-state index is -1.21. The maximum atomic E-state index is 12.0. The van der Waals surface area contributed by atoms with E-state index in [1.165, 1.54) is 0 Å². The summed E-state index contributed by atoms with van der Waals surface area (Å²) in [6, 6.07) is 7.07. The van der Waals surface area contributed by atoms with Gasteiger partial charge in [0, 0.05) is 6.42 Å². The first-order chi connectivity index (χ1) is 9.52. The van der Waals surface area contributed by atoms with Crippen LogP contribution in [0.3, 0.4) is 0 Å². The minimum absolute atomic E-state index is 0.102. The second-order valence-electron chi connectivity index (χ2n) is 4.24. The molecule has 1 aliphatic heterocycles. The molecule has 1 atom stereocenters.